The zero-order chi connectivity index (χ0) is 12.5. The normalized spacial score (nSPS) is 18.7. The standard InChI is InChI=1S/C13H15ClN4/c14-10-3-1-9(2-4-10)7-13-17-16-12-6-5-11(15)8-18(12)13/h1-4,11H,5-8,15H2. The summed E-state index contributed by atoms with van der Waals surface area (Å²) in [5, 5.41) is 9.26. The lowest BCUT2D eigenvalue weighted by Crippen LogP contribution is -2.32. The molecule has 2 heterocycles. The molecule has 1 aliphatic rings. The number of rotatable bonds is 2. The van der Waals surface area contributed by atoms with Crippen LogP contribution in [0.3, 0.4) is 0 Å². The summed E-state index contributed by atoms with van der Waals surface area (Å²) in [7, 11) is 0. The van der Waals surface area contributed by atoms with Crippen molar-refractivity contribution in [2.75, 3.05) is 0 Å². The molecular weight excluding hydrogens is 248 g/mol. The number of hydrogen-bond acceptors (Lipinski definition) is 3. The molecule has 0 spiro atoms. The van der Waals surface area contributed by atoms with E-state index in [1.54, 1.807) is 0 Å². The summed E-state index contributed by atoms with van der Waals surface area (Å²) in [5.74, 6) is 2.04. The van der Waals surface area contributed by atoms with E-state index in [1.165, 1.54) is 5.56 Å². The van der Waals surface area contributed by atoms with Crippen LogP contribution in [0.15, 0.2) is 24.3 Å². The highest BCUT2D eigenvalue weighted by molar-refractivity contribution is 6.30. The Labute approximate surface area is 111 Å². The topological polar surface area (TPSA) is 56.7 Å². The van der Waals surface area contributed by atoms with Gasteiger partial charge in [-0.25, -0.2) is 0 Å². The smallest absolute Gasteiger partial charge is 0.137 e. The molecular formula is C13H15ClN4. The first-order valence-electron chi connectivity index (χ1n) is 6.13. The highest BCUT2D eigenvalue weighted by atomic mass is 35.5. The van der Waals surface area contributed by atoms with Crippen LogP contribution in [-0.4, -0.2) is 20.8 Å². The Balaban J connectivity index is 1.85. The molecule has 18 heavy (non-hydrogen) atoms. The van der Waals surface area contributed by atoms with Crippen molar-refractivity contribution >= 4 is 11.6 Å². The third-order valence-electron chi connectivity index (χ3n) is 3.34. The molecule has 1 aromatic heterocycles. The quantitative estimate of drug-likeness (QED) is 0.898. The minimum Gasteiger partial charge on any atom is -0.326 e. The van der Waals surface area contributed by atoms with Crippen LogP contribution in [0.4, 0.5) is 0 Å². The molecule has 1 aliphatic heterocycles. The van der Waals surface area contributed by atoms with Gasteiger partial charge in [0, 0.05) is 30.5 Å². The highest BCUT2D eigenvalue weighted by Crippen LogP contribution is 2.17. The van der Waals surface area contributed by atoms with Crippen LogP contribution in [0.2, 0.25) is 5.02 Å². The van der Waals surface area contributed by atoms with Gasteiger partial charge in [-0.3, -0.25) is 0 Å². The fraction of sp³-hybridized carbons (Fsp3) is 0.385. The zero-order valence-electron chi connectivity index (χ0n) is 10.0. The van der Waals surface area contributed by atoms with Crippen molar-refractivity contribution in [3.8, 4) is 0 Å². The molecule has 0 saturated carbocycles. The second-order valence-corrected chi connectivity index (χ2v) is 5.18. The summed E-state index contributed by atoms with van der Waals surface area (Å²) in [6, 6.07) is 8.06. The van der Waals surface area contributed by atoms with Gasteiger partial charge in [-0.15, -0.1) is 10.2 Å². The third kappa shape index (κ3) is 2.26. The Morgan fingerprint density at radius 2 is 2.06 bits per heavy atom. The van der Waals surface area contributed by atoms with Gasteiger partial charge < -0.3 is 10.3 Å². The molecule has 1 aromatic carbocycles. The van der Waals surface area contributed by atoms with Gasteiger partial charge in [-0.2, -0.15) is 0 Å². The molecule has 2 aromatic rings. The summed E-state index contributed by atoms with van der Waals surface area (Å²) in [5.41, 5.74) is 7.19. The number of fused-ring (bicyclic) bond motifs is 1. The number of benzene rings is 1. The zero-order valence-corrected chi connectivity index (χ0v) is 10.8. The molecule has 0 saturated heterocycles. The molecule has 3 rings (SSSR count). The number of hydrogen-bond donors (Lipinski definition) is 1. The average Bonchev–Trinajstić information content (AvgIpc) is 2.75. The lowest BCUT2D eigenvalue weighted by Gasteiger charge is -2.20. The van der Waals surface area contributed by atoms with E-state index >= 15 is 0 Å². The van der Waals surface area contributed by atoms with Gasteiger partial charge in [0.15, 0.2) is 0 Å². The molecule has 94 valence electrons. The maximum Gasteiger partial charge on any atom is 0.137 e. The van der Waals surface area contributed by atoms with E-state index in [4.69, 9.17) is 17.3 Å². The van der Waals surface area contributed by atoms with E-state index < -0.39 is 0 Å². The average molecular weight is 263 g/mol. The highest BCUT2D eigenvalue weighted by Gasteiger charge is 2.20. The molecule has 0 radical (unpaired) electrons. The van der Waals surface area contributed by atoms with Crippen molar-refractivity contribution in [3.63, 3.8) is 0 Å². The maximum absolute atomic E-state index is 6.00. The molecule has 1 unspecified atom stereocenters. The predicted octanol–water partition coefficient (Wildman–Crippen LogP) is 1.80. The fourth-order valence-corrected chi connectivity index (χ4v) is 2.45. The second kappa shape index (κ2) is 4.71. The van der Waals surface area contributed by atoms with Gasteiger partial charge in [0.25, 0.3) is 0 Å². The van der Waals surface area contributed by atoms with Crippen molar-refractivity contribution in [2.45, 2.75) is 31.8 Å². The third-order valence-corrected chi connectivity index (χ3v) is 3.59. The molecule has 0 fully saturated rings. The first kappa shape index (κ1) is 11.7. The van der Waals surface area contributed by atoms with Crippen LogP contribution in [0.5, 0.6) is 0 Å². The minimum atomic E-state index is 0.220. The van der Waals surface area contributed by atoms with E-state index in [0.29, 0.717) is 0 Å². The Kier molecular flexibility index (Phi) is 3.06. The van der Waals surface area contributed by atoms with E-state index in [0.717, 1.165) is 42.5 Å². The van der Waals surface area contributed by atoms with Crippen molar-refractivity contribution in [2.24, 2.45) is 5.73 Å². The van der Waals surface area contributed by atoms with E-state index in [2.05, 4.69) is 14.8 Å². The lowest BCUT2D eigenvalue weighted by molar-refractivity contribution is 0.445. The SMILES string of the molecule is NC1CCc2nnc(Cc3ccc(Cl)cc3)n2C1. The summed E-state index contributed by atoms with van der Waals surface area (Å²) in [4.78, 5) is 0. The molecule has 4 nitrogen and oxygen atoms in total. The second-order valence-electron chi connectivity index (χ2n) is 4.75. The maximum atomic E-state index is 6.00. The van der Waals surface area contributed by atoms with Gasteiger partial charge in [0.05, 0.1) is 0 Å². The van der Waals surface area contributed by atoms with E-state index in [-0.39, 0.29) is 6.04 Å². The van der Waals surface area contributed by atoms with Crippen LogP contribution < -0.4 is 5.73 Å². The molecule has 2 N–H and O–H groups in total. The minimum absolute atomic E-state index is 0.220. The predicted molar refractivity (Wildman–Crippen MR) is 70.6 cm³/mol. The van der Waals surface area contributed by atoms with Crippen molar-refractivity contribution < 1.29 is 0 Å². The van der Waals surface area contributed by atoms with Crippen LogP contribution in [0.25, 0.3) is 0 Å². The van der Waals surface area contributed by atoms with Crippen molar-refractivity contribution in [3.05, 3.63) is 46.5 Å². The molecule has 0 aliphatic carbocycles. The van der Waals surface area contributed by atoms with Crippen molar-refractivity contribution in [1.82, 2.24) is 14.8 Å². The van der Waals surface area contributed by atoms with Crippen LogP contribution in [0, 0.1) is 0 Å². The van der Waals surface area contributed by atoms with E-state index in [1.807, 2.05) is 24.3 Å². The molecule has 1 atom stereocenters. The number of aryl methyl sites for hydroxylation is 1. The first-order valence-corrected chi connectivity index (χ1v) is 6.51. The summed E-state index contributed by atoms with van der Waals surface area (Å²) >= 11 is 5.88. The van der Waals surface area contributed by atoms with Gasteiger partial charge in [-0.1, -0.05) is 23.7 Å². The van der Waals surface area contributed by atoms with E-state index in [9.17, 15) is 0 Å². The number of nitrogens with two attached hydrogens (primary N) is 1. The van der Waals surface area contributed by atoms with Crippen LogP contribution >= 0.6 is 11.6 Å². The first-order chi connectivity index (χ1) is 8.72. The molecule has 5 heteroatoms. The Bertz CT molecular complexity index is 547. The Hall–Kier alpha value is -1.39. The van der Waals surface area contributed by atoms with Gasteiger partial charge in [0.1, 0.15) is 11.6 Å². The Morgan fingerprint density at radius 3 is 2.83 bits per heavy atom. The van der Waals surface area contributed by atoms with Crippen LogP contribution in [-0.2, 0) is 19.4 Å². The largest absolute Gasteiger partial charge is 0.326 e. The van der Waals surface area contributed by atoms with Gasteiger partial charge in [-0.05, 0) is 24.1 Å². The summed E-state index contributed by atoms with van der Waals surface area (Å²) in [6.07, 6.45) is 2.70. The monoisotopic (exact) mass is 262 g/mol. The summed E-state index contributed by atoms with van der Waals surface area (Å²) in [6.45, 7) is 0.825. The number of halogens is 1. The summed E-state index contributed by atoms with van der Waals surface area (Å²) < 4.78 is 2.16. The van der Waals surface area contributed by atoms with Gasteiger partial charge in [0.2, 0.25) is 0 Å². The van der Waals surface area contributed by atoms with Crippen LogP contribution in [0.1, 0.15) is 23.6 Å². The van der Waals surface area contributed by atoms with Gasteiger partial charge >= 0.3 is 0 Å². The Morgan fingerprint density at radius 1 is 1.28 bits per heavy atom. The number of nitrogens with zero attached hydrogens (tertiary/aromatic N) is 3. The lowest BCUT2D eigenvalue weighted by atomic mass is 10.1. The fourth-order valence-electron chi connectivity index (χ4n) is 2.32. The number of aromatic nitrogens is 3. The van der Waals surface area contributed by atoms with Crippen molar-refractivity contribution in [1.29, 1.82) is 0 Å². The molecule has 0 bridgehead atoms. The molecule has 0 amide bonds.